The Balaban J connectivity index is 1.64. The number of carbonyl (C=O) groups excluding carboxylic acids is 1. The van der Waals surface area contributed by atoms with Crippen molar-refractivity contribution in [2.24, 2.45) is 4.99 Å². The fourth-order valence-corrected chi connectivity index (χ4v) is 6.66. The van der Waals surface area contributed by atoms with Gasteiger partial charge in [0.2, 0.25) is 0 Å². The molecule has 1 atom stereocenters. The number of fused-ring (bicyclic) bond motifs is 1. The van der Waals surface area contributed by atoms with Gasteiger partial charge in [-0.05, 0) is 74.4 Å². The Morgan fingerprint density at radius 1 is 1.00 bits per heavy atom. The second-order valence-corrected chi connectivity index (χ2v) is 12.6. The van der Waals surface area contributed by atoms with Crippen molar-refractivity contribution >= 4 is 55.2 Å². The lowest BCUT2D eigenvalue weighted by Crippen LogP contribution is -2.39. The molecule has 0 unspecified atom stereocenters. The Morgan fingerprint density at radius 3 is 2.39 bits per heavy atom. The molecule has 0 amide bonds. The standard InChI is InChI=1S/C33H30Br2N2O6S/c1-5-41-25-13-9-21(10-14-25)29-28(32(39)42-6-2)19(3)36-33-37(29)31(38)27(44-33)16-22-15-24(35)17-26(40-4)30(22)43-18-20-7-11-23(34)12-8-20/h7-17,29H,5-6,18H2,1-4H3/b27-16-/t29-/m1/s1. The van der Waals surface area contributed by atoms with Crippen LogP contribution in [0.4, 0.5) is 0 Å². The molecule has 0 spiro atoms. The SMILES string of the molecule is CCOC(=O)C1=C(C)N=c2s/c(=C\c3cc(Br)cc(OC)c3OCc3ccc(Br)cc3)c(=O)n2[C@@H]1c1ccc(OCC)cc1. The quantitative estimate of drug-likeness (QED) is 0.177. The highest BCUT2D eigenvalue weighted by Gasteiger charge is 2.33. The van der Waals surface area contributed by atoms with Crippen LogP contribution in [-0.4, -0.2) is 30.9 Å². The fraction of sp³-hybridized carbons (Fsp3) is 0.242. The lowest BCUT2D eigenvalue weighted by molar-refractivity contribution is -0.139. The van der Waals surface area contributed by atoms with Gasteiger partial charge in [-0.2, -0.15) is 0 Å². The normalized spacial score (nSPS) is 14.6. The topological polar surface area (TPSA) is 88.4 Å². The van der Waals surface area contributed by atoms with E-state index >= 15 is 0 Å². The number of carbonyl (C=O) groups is 1. The number of allylic oxidation sites excluding steroid dienone is 1. The molecule has 1 aromatic heterocycles. The lowest BCUT2D eigenvalue weighted by atomic mass is 9.96. The number of aromatic nitrogens is 1. The molecule has 1 aliphatic heterocycles. The van der Waals surface area contributed by atoms with Gasteiger partial charge in [0.25, 0.3) is 5.56 Å². The molecule has 228 valence electrons. The largest absolute Gasteiger partial charge is 0.494 e. The molecule has 0 saturated carbocycles. The van der Waals surface area contributed by atoms with Gasteiger partial charge in [0.05, 0.1) is 42.2 Å². The van der Waals surface area contributed by atoms with E-state index in [1.165, 1.54) is 11.3 Å². The predicted octanol–water partition coefficient (Wildman–Crippen LogP) is 6.31. The first-order chi connectivity index (χ1) is 21.2. The number of nitrogens with zero attached hydrogens (tertiary/aromatic N) is 2. The number of thiazole rings is 1. The number of methoxy groups -OCH3 is 1. The maximum Gasteiger partial charge on any atom is 0.338 e. The molecule has 0 aliphatic carbocycles. The molecule has 8 nitrogen and oxygen atoms in total. The average Bonchev–Trinajstić information content (AvgIpc) is 3.31. The van der Waals surface area contributed by atoms with Crippen LogP contribution in [-0.2, 0) is 16.1 Å². The van der Waals surface area contributed by atoms with Crippen molar-refractivity contribution in [2.45, 2.75) is 33.4 Å². The van der Waals surface area contributed by atoms with Crippen LogP contribution in [0.15, 0.2) is 90.7 Å². The summed E-state index contributed by atoms with van der Waals surface area (Å²) >= 11 is 8.26. The van der Waals surface area contributed by atoms with Crippen LogP contribution in [0.5, 0.6) is 17.2 Å². The van der Waals surface area contributed by atoms with Gasteiger partial charge >= 0.3 is 5.97 Å². The van der Waals surface area contributed by atoms with Crippen molar-refractivity contribution in [3.8, 4) is 17.2 Å². The number of ether oxygens (including phenoxy) is 4. The number of rotatable bonds is 10. The van der Waals surface area contributed by atoms with Gasteiger partial charge in [-0.3, -0.25) is 9.36 Å². The molecule has 4 aromatic rings. The van der Waals surface area contributed by atoms with E-state index in [4.69, 9.17) is 18.9 Å². The first-order valence-corrected chi connectivity index (χ1v) is 16.3. The summed E-state index contributed by atoms with van der Waals surface area (Å²) in [7, 11) is 1.57. The summed E-state index contributed by atoms with van der Waals surface area (Å²) in [6, 6.07) is 18.2. The van der Waals surface area contributed by atoms with Crippen LogP contribution < -0.4 is 29.1 Å². The van der Waals surface area contributed by atoms with Crippen molar-refractivity contribution < 1.29 is 23.7 Å². The smallest absolute Gasteiger partial charge is 0.338 e. The van der Waals surface area contributed by atoms with Crippen molar-refractivity contribution in [2.75, 3.05) is 20.3 Å². The van der Waals surface area contributed by atoms with Gasteiger partial charge < -0.3 is 18.9 Å². The van der Waals surface area contributed by atoms with Crippen LogP contribution in [0.3, 0.4) is 0 Å². The van der Waals surface area contributed by atoms with E-state index < -0.39 is 12.0 Å². The fourth-order valence-electron chi connectivity index (χ4n) is 4.90. The third kappa shape index (κ3) is 6.69. The zero-order valence-corrected chi connectivity index (χ0v) is 28.5. The zero-order chi connectivity index (χ0) is 31.4. The molecule has 0 saturated heterocycles. The first-order valence-electron chi connectivity index (χ1n) is 13.9. The van der Waals surface area contributed by atoms with Crippen LogP contribution in [0.1, 0.15) is 43.5 Å². The molecule has 2 heterocycles. The highest BCUT2D eigenvalue weighted by molar-refractivity contribution is 9.10. The summed E-state index contributed by atoms with van der Waals surface area (Å²) in [6.45, 7) is 6.44. The summed E-state index contributed by atoms with van der Waals surface area (Å²) in [5.74, 6) is 1.20. The molecular formula is C33H30Br2N2O6S. The van der Waals surface area contributed by atoms with Crippen molar-refractivity contribution in [1.29, 1.82) is 0 Å². The summed E-state index contributed by atoms with van der Waals surface area (Å²) in [5.41, 5.74) is 2.88. The Kier molecular flexibility index (Phi) is 10.1. The van der Waals surface area contributed by atoms with E-state index in [2.05, 4.69) is 36.9 Å². The maximum absolute atomic E-state index is 14.2. The predicted molar refractivity (Wildman–Crippen MR) is 177 cm³/mol. The van der Waals surface area contributed by atoms with Crippen molar-refractivity contribution in [3.63, 3.8) is 0 Å². The molecule has 3 aromatic carbocycles. The zero-order valence-electron chi connectivity index (χ0n) is 24.6. The third-order valence-electron chi connectivity index (χ3n) is 6.88. The number of hydrogen-bond donors (Lipinski definition) is 0. The molecule has 0 N–H and O–H groups in total. The minimum absolute atomic E-state index is 0.198. The van der Waals surface area contributed by atoms with Gasteiger partial charge in [-0.15, -0.1) is 0 Å². The van der Waals surface area contributed by atoms with Crippen LogP contribution in [0.2, 0.25) is 0 Å². The lowest BCUT2D eigenvalue weighted by Gasteiger charge is -2.24. The van der Waals surface area contributed by atoms with E-state index in [9.17, 15) is 9.59 Å². The highest BCUT2D eigenvalue weighted by Crippen LogP contribution is 2.36. The Hall–Kier alpha value is -3.67. The second-order valence-electron chi connectivity index (χ2n) is 9.75. The minimum atomic E-state index is -0.728. The molecule has 1 aliphatic rings. The van der Waals surface area contributed by atoms with Crippen LogP contribution in [0.25, 0.3) is 6.08 Å². The third-order valence-corrected chi connectivity index (χ3v) is 8.84. The highest BCUT2D eigenvalue weighted by atomic mass is 79.9. The average molecular weight is 742 g/mol. The van der Waals surface area contributed by atoms with Crippen molar-refractivity contribution in [3.05, 3.63) is 117 Å². The van der Waals surface area contributed by atoms with Crippen LogP contribution >= 0.6 is 43.2 Å². The molecule has 11 heteroatoms. The second kappa shape index (κ2) is 14.0. The van der Waals surface area contributed by atoms with Gasteiger partial charge in [0, 0.05) is 14.5 Å². The van der Waals surface area contributed by atoms with E-state index in [-0.39, 0.29) is 12.2 Å². The summed E-state index contributed by atoms with van der Waals surface area (Å²) in [4.78, 5) is 32.5. The molecule has 0 fully saturated rings. The molecule has 44 heavy (non-hydrogen) atoms. The van der Waals surface area contributed by atoms with Gasteiger partial charge in [-0.1, -0.05) is 67.5 Å². The Labute approximate surface area is 275 Å². The first kappa shape index (κ1) is 31.7. The Morgan fingerprint density at radius 2 is 1.73 bits per heavy atom. The number of halogens is 2. The maximum atomic E-state index is 14.2. The number of hydrogen-bond acceptors (Lipinski definition) is 8. The van der Waals surface area contributed by atoms with Gasteiger partial charge in [0.1, 0.15) is 12.4 Å². The van der Waals surface area contributed by atoms with E-state index in [0.717, 1.165) is 20.1 Å². The van der Waals surface area contributed by atoms with Gasteiger partial charge in [0.15, 0.2) is 16.3 Å². The van der Waals surface area contributed by atoms with Gasteiger partial charge in [-0.25, -0.2) is 9.79 Å². The number of esters is 1. The Bertz CT molecular complexity index is 1900. The number of benzene rings is 3. The van der Waals surface area contributed by atoms with Crippen LogP contribution in [0, 0.1) is 0 Å². The van der Waals surface area contributed by atoms with E-state index in [0.29, 0.717) is 56.6 Å². The monoisotopic (exact) mass is 740 g/mol. The van der Waals surface area contributed by atoms with E-state index in [1.807, 2.05) is 67.6 Å². The van der Waals surface area contributed by atoms with E-state index in [1.54, 1.807) is 31.6 Å². The van der Waals surface area contributed by atoms with Crippen molar-refractivity contribution in [1.82, 2.24) is 4.57 Å². The summed E-state index contributed by atoms with van der Waals surface area (Å²) < 4.78 is 26.7. The molecule has 5 rings (SSSR count). The summed E-state index contributed by atoms with van der Waals surface area (Å²) in [6.07, 6.45) is 1.77. The molecular weight excluding hydrogens is 712 g/mol. The molecule has 0 radical (unpaired) electrons. The molecule has 0 bridgehead atoms. The minimum Gasteiger partial charge on any atom is -0.494 e. The summed E-state index contributed by atoms with van der Waals surface area (Å²) in [5, 5.41) is 0.